The first-order chi connectivity index (χ1) is 8.69. The van der Waals surface area contributed by atoms with Gasteiger partial charge in [0.2, 0.25) is 0 Å². The normalized spacial score (nSPS) is 12.6. The molecule has 0 radical (unpaired) electrons. The maximum atomic E-state index is 6.00. The largest absolute Gasteiger partial charge is 0.323 e. The van der Waals surface area contributed by atoms with E-state index in [4.69, 9.17) is 5.73 Å². The Morgan fingerprint density at radius 1 is 1.44 bits per heavy atom. The fraction of sp³-hybridized carbons (Fsp3) is 0.417. The van der Waals surface area contributed by atoms with Crippen molar-refractivity contribution in [3.63, 3.8) is 0 Å². The van der Waals surface area contributed by atoms with Crippen molar-refractivity contribution in [2.45, 2.75) is 32.4 Å². The van der Waals surface area contributed by atoms with E-state index < -0.39 is 0 Å². The summed E-state index contributed by atoms with van der Waals surface area (Å²) in [5.74, 6) is 0. The van der Waals surface area contributed by atoms with Crippen LogP contribution in [0, 0.1) is 0 Å². The van der Waals surface area contributed by atoms with Crippen LogP contribution in [0.4, 0.5) is 0 Å². The van der Waals surface area contributed by atoms with Crippen molar-refractivity contribution in [2.75, 3.05) is 0 Å². The molecule has 2 heterocycles. The van der Waals surface area contributed by atoms with Gasteiger partial charge >= 0.3 is 0 Å². The van der Waals surface area contributed by atoms with Gasteiger partial charge in [-0.3, -0.25) is 4.98 Å². The zero-order valence-corrected chi connectivity index (χ0v) is 11.8. The van der Waals surface area contributed by atoms with E-state index in [9.17, 15) is 0 Å². The van der Waals surface area contributed by atoms with Gasteiger partial charge in [0, 0.05) is 16.9 Å². The molecule has 0 amide bonds. The van der Waals surface area contributed by atoms with Gasteiger partial charge in [-0.05, 0) is 34.0 Å². The molecule has 2 aromatic heterocycles. The van der Waals surface area contributed by atoms with E-state index in [1.165, 1.54) is 0 Å². The molecule has 0 saturated heterocycles. The third-order valence-corrected chi connectivity index (χ3v) is 3.08. The summed E-state index contributed by atoms with van der Waals surface area (Å²) in [5, 5.41) is 8.20. The average molecular weight is 310 g/mol. The third-order valence-electron chi connectivity index (χ3n) is 2.64. The second kappa shape index (κ2) is 6.06. The lowest BCUT2D eigenvalue weighted by Gasteiger charge is -2.04. The smallest absolute Gasteiger partial charge is 0.0994 e. The number of halogens is 1. The first-order valence-corrected chi connectivity index (χ1v) is 6.73. The van der Waals surface area contributed by atoms with Crippen molar-refractivity contribution >= 4 is 15.9 Å². The summed E-state index contributed by atoms with van der Waals surface area (Å²) in [6.45, 7) is 2.76. The van der Waals surface area contributed by atoms with Crippen LogP contribution in [0.15, 0.2) is 29.1 Å². The third kappa shape index (κ3) is 3.36. The molecule has 0 fully saturated rings. The second-order valence-corrected chi connectivity index (χ2v) is 5.16. The van der Waals surface area contributed by atoms with Crippen LogP contribution in [-0.2, 0) is 6.54 Å². The zero-order chi connectivity index (χ0) is 13.0. The lowest BCUT2D eigenvalue weighted by atomic mass is 10.1. The minimum Gasteiger partial charge on any atom is -0.323 e. The van der Waals surface area contributed by atoms with Crippen LogP contribution in [0.1, 0.15) is 37.1 Å². The van der Waals surface area contributed by atoms with Crippen molar-refractivity contribution in [3.05, 3.63) is 40.4 Å². The molecule has 0 aliphatic carbocycles. The Kier molecular flexibility index (Phi) is 4.43. The summed E-state index contributed by atoms with van der Waals surface area (Å²) >= 11 is 3.40. The fourth-order valence-corrected chi connectivity index (χ4v) is 2.16. The number of aromatic nitrogens is 4. The minimum atomic E-state index is -0.0237. The molecule has 18 heavy (non-hydrogen) atoms. The molecule has 2 N–H and O–H groups in total. The molecule has 0 aromatic carbocycles. The van der Waals surface area contributed by atoms with Crippen LogP contribution >= 0.6 is 15.9 Å². The van der Waals surface area contributed by atoms with Gasteiger partial charge in [-0.15, -0.1) is 5.10 Å². The van der Waals surface area contributed by atoms with Gasteiger partial charge in [0.1, 0.15) is 0 Å². The van der Waals surface area contributed by atoms with E-state index in [1.807, 2.05) is 18.5 Å². The Bertz CT molecular complexity index is 511. The first-order valence-electron chi connectivity index (χ1n) is 5.94. The molecule has 0 aliphatic heterocycles. The number of nitrogens with zero attached hydrogens (tertiary/aromatic N) is 4. The van der Waals surface area contributed by atoms with Crippen LogP contribution in [0.25, 0.3) is 0 Å². The SMILES string of the molecule is CCCC(N)c1cn(Cc2cncc(Br)c2)nn1. The summed E-state index contributed by atoms with van der Waals surface area (Å²) in [6.07, 6.45) is 7.45. The first kappa shape index (κ1) is 13.2. The Hall–Kier alpha value is -1.27. The van der Waals surface area contributed by atoms with Crippen molar-refractivity contribution in [2.24, 2.45) is 5.73 Å². The standard InChI is InChI=1S/C12H16BrN5/c1-2-3-11(14)12-8-18(17-16-12)7-9-4-10(13)6-15-5-9/h4-6,8,11H,2-3,7,14H2,1H3. The summed E-state index contributed by atoms with van der Waals surface area (Å²) in [5.41, 5.74) is 7.92. The molecule has 6 heteroatoms. The van der Waals surface area contributed by atoms with Crippen molar-refractivity contribution in [1.82, 2.24) is 20.0 Å². The maximum absolute atomic E-state index is 6.00. The predicted octanol–water partition coefficient (Wildman–Crippen LogP) is 2.28. The van der Waals surface area contributed by atoms with E-state index in [1.54, 1.807) is 10.9 Å². The van der Waals surface area contributed by atoms with Crippen LogP contribution in [0.2, 0.25) is 0 Å². The van der Waals surface area contributed by atoms with Crippen molar-refractivity contribution in [3.8, 4) is 0 Å². The van der Waals surface area contributed by atoms with Crippen molar-refractivity contribution < 1.29 is 0 Å². The zero-order valence-electron chi connectivity index (χ0n) is 10.3. The van der Waals surface area contributed by atoms with E-state index in [2.05, 4.69) is 38.1 Å². The highest BCUT2D eigenvalue weighted by atomic mass is 79.9. The summed E-state index contributed by atoms with van der Waals surface area (Å²) in [6, 6.07) is 1.99. The Labute approximate surface area is 115 Å². The lowest BCUT2D eigenvalue weighted by molar-refractivity contribution is 0.617. The quantitative estimate of drug-likeness (QED) is 0.920. The lowest BCUT2D eigenvalue weighted by Crippen LogP contribution is -2.10. The van der Waals surface area contributed by atoms with Gasteiger partial charge in [0.05, 0.1) is 24.5 Å². The van der Waals surface area contributed by atoms with Gasteiger partial charge in [-0.1, -0.05) is 18.6 Å². The number of hydrogen-bond acceptors (Lipinski definition) is 4. The molecule has 5 nitrogen and oxygen atoms in total. The number of pyridine rings is 1. The van der Waals surface area contributed by atoms with Crippen molar-refractivity contribution in [1.29, 1.82) is 0 Å². The molecule has 96 valence electrons. The summed E-state index contributed by atoms with van der Waals surface area (Å²) in [4.78, 5) is 4.12. The number of nitrogens with two attached hydrogens (primary N) is 1. The Morgan fingerprint density at radius 2 is 2.28 bits per heavy atom. The molecule has 2 aromatic rings. The summed E-state index contributed by atoms with van der Waals surface area (Å²) in [7, 11) is 0. The average Bonchev–Trinajstić information content (AvgIpc) is 2.78. The van der Waals surface area contributed by atoms with E-state index in [-0.39, 0.29) is 6.04 Å². The molecule has 0 saturated carbocycles. The minimum absolute atomic E-state index is 0.0237. The van der Waals surface area contributed by atoms with Gasteiger partial charge in [-0.25, -0.2) is 4.68 Å². The molecule has 1 unspecified atom stereocenters. The van der Waals surface area contributed by atoms with E-state index in [0.717, 1.165) is 28.6 Å². The highest BCUT2D eigenvalue weighted by molar-refractivity contribution is 9.10. The fourth-order valence-electron chi connectivity index (χ4n) is 1.75. The van der Waals surface area contributed by atoms with E-state index >= 15 is 0 Å². The maximum Gasteiger partial charge on any atom is 0.0994 e. The Morgan fingerprint density at radius 3 is 3.00 bits per heavy atom. The van der Waals surface area contributed by atoms with Gasteiger partial charge in [0.25, 0.3) is 0 Å². The van der Waals surface area contributed by atoms with Crippen LogP contribution < -0.4 is 5.73 Å². The molecule has 2 rings (SSSR count). The topological polar surface area (TPSA) is 69.6 Å². The van der Waals surface area contributed by atoms with Gasteiger partial charge in [0.15, 0.2) is 0 Å². The monoisotopic (exact) mass is 309 g/mol. The van der Waals surface area contributed by atoms with Crippen LogP contribution in [-0.4, -0.2) is 20.0 Å². The molecule has 0 aliphatic rings. The van der Waals surface area contributed by atoms with Gasteiger partial charge < -0.3 is 5.73 Å². The Balaban J connectivity index is 2.06. The number of rotatable bonds is 5. The summed E-state index contributed by atoms with van der Waals surface area (Å²) < 4.78 is 2.75. The molecular formula is C12H16BrN5. The molecular weight excluding hydrogens is 294 g/mol. The predicted molar refractivity (Wildman–Crippen MR) is 72.9 cm³/mol. The van der Waals surface area contributed by atoms with Crippen LogP contribution in [0.5, 0.6) is 0 Å². The van der Waals surface area contributed by atoms with Crippen LogP contribution in [0.3, 0.4) is 0 Å². The van der Waals surface area contributed by atoms with E-state index in [0.29, 0.717) is 6.54 Å². The number of hydrogen-bond donors (Lipinski definition) is 1. The van der Waals surface area contributed by atoms with Gasteiger partial charge in [-0.2, -0.15) is 0 Å². The molecule has 1 atom stereocenters. The highest BCUT2D eigenvalue weighted by Gasteiger charge is 2.09. The molecule has 0 bridgehead atoms. The highest BCUT2D eigenvalue weighted by Crippen LogP contribution is 2.14. The second-order valence-electron chi connectivity index (χ2n) is 4.25. The molecule has 0 spiro atoms.